The summed E-state index contributed by atoms with van der Waals surface area (Å²) in [5.41, 5.74) is 0.789. The number of hydrogen-bond acceptors (Lipinski definition) is 2. The minimum atomic E-state index is -0.431. The lowest BCUT2D eigenvalue weighted by molar-refractivity contribution is 0.0964. The number of rotatable bonds is 1. The van der Waals surface area contributed by atoms with Crippen LogP contribution in [0.25, 0.3) is 10.9 Å². The first-order valence-corrected chi connectivity index (χ1v) is 4.49. The number of hydrogen-bond donors (Lipinski definition) is 1. The summed E-state index contributed by atoms with van der Waals surface area (Å²) in [4.78, 5) is 15.5. The SMILES string of the molecule is CNC(=O)c1ccnc2cccc(F)c12. The smallest absolute Gasteiger partial charge is 0.251 e. The van der Waals surface area contributed by atoms with E-state index in [-0.39, 0.29) is 11.3 Å². The van der Waals surface area contributed by atoms with Gasteiger partial charge >= 0.3 is 0 Å². The van der Waals surface area contributed by atoms with Gasteiger partial charge in [0.1, 0.15) is 5.82 Å². The number of carbonyl (C=O) groups excluding carboxylic acids is 1. The van der Waals surface area contributed by atoms with Gasteiger partial charge in [-0.2, -0.15) is 0 Å². The third-order valence-electron chi connectivity index (χ3n) is 2.19. The van der Waals surface area contributed by atoms with Crippen molar-refractivity contribution in [2.45, 2.75) is 0 Å². The van der Waals surface area contributed by atoms with Crippen molar-refractivity contribution < 1.29 is 9.18 Å². The average Bonchev–Trinajstić information content (AvgIpc) is 2.28. The minimum absolute atomic E-state index is 0.263. The number of benzene rings is 1. The first-order valence-electron chi connectivity index (χ1n) is 4.49. The van der Waals surface area contributed by atoms with Crippen LogP contribution in [0.1, 0.15) is 10.4 Å². The normalized spacial score (nSPS) is 10.3. The Hall–Kier alpha value is -1.97. The van der Waals surface area contributed by atoms with Crippen LogP contribution in [0.3, 0.4) is 0 Å². The van der Waals surface area contributed by atoms with E-state index in [0.717, 1.165) is 0 Å². The van der Waals surface area contributed by atoms with Gasteiger partial charge in [0.2, 0.25) is 0 Å². The van der Waals surface area contributed by atoms with Gasteiger partial charge in [0.15, 0.2) is 0 Å². The maximum Gasteiger partial charge on any atom is 0.251 e. The molecule has 0 aliphatic rings. The monoisotopic (exact) mass is 204 g/mol. The average molecular weight is 204 g/mol. The first kappa shape index (κ1) is 9.58. The third-order valence-corrected chi connectivity index (χ3v) is 2.19. The molecule has 2 aromatic rings. The molecule has 1 N–H and O–H groups in total. The lowest BCUT2D eigenvalue weighted by atomic mass is 10.1. The Morgan fingerprint density at radius 3 is 2.93 bits per heavy atom. The molecule has 15 heavy (non-hydrogen) atoms. The van der Waals surface area contributed by atoms with Crippen LogP contribution in [-0.4, -0.2) is 17.9 Å². The fraction of sp³-hybridized carbons (Fsp3) is 0.0909. The predicted octanol–water partition coefficient (Wildman–Crippen LogP) is 1.73. The Kier molecular flexibility index (Phi) is 2.33. The van der Waals surface area contributed by atoms with Crippen LogP contribution in [0.4, 0.5) is 4.39 Å². The Balaban J connectivity index is 2.80. The Labute approximate surface area is 85.9 Å². The van der Waals surface area contributed by atoms with E-state index >= 15 is 0 Å². The van der Waals surface area contributed by atoms with Crippen molar-refractivity contribution in [1.82, 2.24) is 10.3 Å². The molecule has 1 aromatic carbocycles. The third kappa shape index (κ3) is 1.54. The fourth-order valence-electron chi connectivity index (χ4n) is 1.49. The van der Waals surface area contributed by atoms with Crippen LogP contribution in [0.2, 0.25) is 0 Å². The molecule has 1 heterocycles. The van der Waals surface area contributed by atoms with Gasteiger partial charge in [-0.25, -0.2) is 4.39 Å². The molecule has 76 valence electrons. The molecule has 1 amide bonds. The summed E-state index contributed by atoms with van der Waals surface area (Å²) in [6.45, 7) is 0. The Bertz CT molecular complexity index is 520. The second-order valence-electron chi connectivity index (χ2n) is 3.07. The van der Waals surface area contributed by atoms with Crippen LogP contribution in [-0.2, 0) is 0 Å². The van der Waals surface area contributed by atoms with Crippen molar-refractivity contribution >= 4 is 16.8 Å². The standard InChI is InChI=1S/C11H9FN2O/c1-13-11(15)7-5-6-14-9-4-2-3-8(12)10(7)9/h2-6H,1H3,(H,13,15). The molecule has 0 aliphatic carbocycles. The van der Waals surface area contributed by atoms with E-state index in [2.05, 4.69) is 10.3 Å². The van der Waals surface area contributed by atoms with Crippen LogP contribution in [0.15, 0.2) is 30.5 Å². The second-order valence-corrected chi connectivity index (χ2v) is 3.07. The number of nitrogens with zero attached hydrogens (tertiary/aromatic N) is 1. The van der Waals surface area contributed by atoms with Gasteiger partial charge in [-0.1, -0.05) is 6.07 Å². The first-order chi connectivity index (χ1) is 7.24. The van der Waals surface area contributed by atoms with Crippen LogP contribution >= 0.6 is 0 Å². The maximum atomic E-state index is 13.5. The highest BCUT2D eigenvalue weighted by Crippen LogP contribution is 2.19. The molecular weight excluding hydrogens is 195 g/mol. The molecular formula is C11H9FN2O. The van der Waals surface area contributed by atoms with Crippen molar-refractivity contribution in [3.05, 3.63) is 41.8 Å². The lowest BCUT2D eigenvalue weighted by Crippen LogP contribution is -2.18. The van der Waals surface area contributed by atoms with E-state index in [0.29, 0.717) is 11.1 Å². The van der Waals surface area contributed by atoms with Gasteiger partial charge in [0.05, 0.1) is 11.1 Å². The van der Waals surface area contributed by atoms with Gasteiger partial charge in [0.25, 0.3) is 5.91 Å². The number of nitrogens with one attached hydrogen (secondary N) is 1. The number of aromatic nitrogens is 1. The zero-order chi connectivity index (χ0) is 10.8. The number of fused-ring (bicyclic) bond motifs is 1. The summed E-state index contributed by atoms with van der Waals surface area (Å²) in [5, 5.41) is 2.73. The van der Waals surface area contributed by atoms with Gasteiger partial charge in [-0.15, -0.1) is 0 Å². The summed E-state index contributed by atoms with van der Waals surface area (Å²) < 4.78 is 13.5. The molecule has 0 unspecified atom stereocenters. The van der Waals surface area contributed by atoms with E-state index in [1.807, 2.05) is 0 Å². The largest absolute Gasteiger partial charge is 0.355 e. The topological polar surface area (TPSA) is 42.0 Å². The lowest BCUT2D eigenvalue weighted by Gasteiger charge is -2.04. The van der Waals surface area contributed by atoms with Gasteiger partial charge in [0, 0.05) is 18.6 Å². The summed E-state index contributed by atoms with van der Waals surface area (Å²) in [6.07, 6.45) is 1.49. The van der Waals surface area contributed by atoms with Gasteiger partial charge in [-0.3, -0.25) is 9.78 Å². The second kappa shape index (κ2) is 3.65. The predicted molar refractivity (Wildman–Crippen MR) is 55.1 cm³/mol. The van der Waals surface area contributed by atoms with Crippen molar-refractivity contribution in [3.63, 3.8) is 0 Å². The highest BCUT2D eigenvalue weighted by molar-refractivity contribution is 6.06. The number of halogens is 1. The Morgan fingerprint density at radius 2 is 2.20 bits per heavy atom. The molecule has 1 aromatic heterocycles. The zero-order valence-corrected chi connectivity index (χ0v) is 8.12. The molecule has 0 saturated carbocycles. The molecule has 2 rings (SSSR count). The summed E-state index contributed by atoms with van der Waals surface area (Å²) in [5.74, 6) is -0.744. The molecule has 0 fully saturated rings. The van der Waals surface area contributed by atoms with Crippen molar-refractivity contribution in [2.24, 2.45) is 0 Å². The number of pyridine rings is 1. The van der Waals surface area contributed by atoms with E-state index in [9.17, 15) is 9.18 Å². The van der Waals surface area contributed by atoms with E-state index in [4.69, 9.17) is 0 Å². The highest BCUT2D eigenvalue weighted by Gasteiger charge is 2.11. The van der Waals surface area contributed by atoms with Gasteiger partial charge < -0.3 is 5.32 Å². The van der Waals surface area contributed by atoms with Crippen LogP contribution in [0, 0.1) is 5.82 Å². The van der Waals surface area contributed by atoms with E-state index < -0.39 is 5.82 Å². The van der Waals surface area contributed by atoms with Crippen LogP contribution in [0.5, 0.6) is 0 Å². The number of carbonyl (C=O) groups is 1. The Morgan fingerprint density at radius 1 is 1.40 bits per heavy atom. The molecule has 0 bridgehead atoms. The maximum absolute atomic E-state index is 13.5. The van der Waals surface area contributed by atoms with E-state index in [1.54, 1.807) is 12.1 Å². The molecule has 3 nitrogen and oxygen atoms in total. The highest BCUT2D eigenvalue weighted by atomic mass is 19.1. The molecule has 0 radical (unpaired) electrons. The zero-order valence-electron chi connectivity index (χ0n) is 8.12. The van der Waals surface area contributed by atoms with Gasteiger partial charge in [-0.05, 0) is 18.2 Å². The summed E-state index contributed by atoms with van der Waals surface area (Å²) >= 11 is 0. The van der Waals surface area contributed by atoms with Crippen LogP contribution < -0.4 is 5.32 Å². The van der Waals surface area contributed by atoms with Crippen molar-refractivity contribution in [1.29, 1.82) is 0 Å². The quantitative estimate of drug-likeness (QED) is 0.768. The van der Waals surface area contributed by atoms with E-state index in [1.165, 1.54) is 25.4 Å². The molecule has 0 atom stereocenters. The summed E-state index contributed by atoms with van der Waals surface area (Å²) in [7, 11) is 1.51. The number of amides is 1. The minimum Gasteiger partial charge on any atom is -0.355 e. The van der Waals surface area contributed by atoms with Crippen molar-refractivity contribution in [2.75, 3.05) is 7.05 Å². The molecule has 4 heteroatoms. The molecule has 0 aliphatic heterocycles. The summed E-state index contributed by atoms with van der Waals surface area (Å²) in [6, 6.07) is 6.06. The van der Waals surface area contributed by atoms with Crippen molar-refractivity contribution in [3.8, 4) is 0 Å². The molecule has 0 spiro atoms. The molecule has 0 saturated heterocycles. The fourth-order valence-corrected chi connectivity index (χ4v) is 1.49.